The smallest absolute Gasteiger partial charge is 0.0973 e. The summed E-state index contributed by atoms with van der Waals surface area (Å²) in [6, 6.07) is 46.5. The molecule has 0 aliphatic rings. The Bertz CT molecular complexity index is 1690. The van der Waals surface area contributed by atoms with Gasteiger partial charge in [0.1, 0.15) is 0 Å². The van der Waals surface area contributed by atoms with E-state index in [1.807, 2.05) is 30.3 Å². The number of benzene rings is 5. The van der Waals surface area contributed by atoms with Gasteiger partial charge >= 0.3 is 0 Å². The fraction of sp³-hybridized carbons (Fsp3) is 0.0556. The molecule has 0 N–H and O–H groups in total. The number of hydrogen-bond acceptors (Lipinski definition) is 2. The van der Waals surface area contributed by atoms with Crippen molar-refractivity contribution in [3.05, 3.63) is 145 Å². The van der Waals surface area contributed by atoms with Gasteiger partial charge in [-0.25, -0.2) is 9.97 Å². The molecule has 0 aliphatic heterocycles. The molecular formula is C36H28N2. The van der Waals surface area contributed by atoms with Crippen LogP contribution in [0.1, 0.15) is 11.3 Å². The second-order valence-electron chi connectivity index (χ2n) is 9.56. The van der Waals surface area contributed by atoms with Crippen molar-refractivity contribution in [2.75, 3.05) is 0 Å². The van der Waals surface area contributed by atoms with Gasteiger partial charge < -0.3 is 0 Å². The third-order valence-electron chi connectivity index (χ3n) is 6.97. The standard InChI is InChI=1S/C36H28N2/c1-25-24-32(28-14-8-4-9-15-28)22-23-33(25)36-35(38-34(26(2)37-36)30-16-10-5-11-17-30)31-20-18-29(19-21-31)27-12-6-3-7-13-27/h3-24H,1-2H3. The predicted molar refractivity (Wildman–Crippen MR) is 159 cm³/mol. The lowest BCUT2D eigenvalue weighted by Gasteiger charge is -2.16. The monoisotopic (exact) mass is 488 g/mol. The Morgan fingerprint density at radius 2 is 0.816 bits per heavy atom. The van der Waals surface area contributed by atoms with Gasteiger partial charge in [-0.2, -0.15) is 0 Å². The van der Waals surface area contributed by atoms with E-state index < -0.39 is 0 Å². The Kier molecular flexibility index (Phi) is 6.37. The molecule has 0 spiro atoms. The van der Waals surface area contributed by atoms with Crippen LogP contribution in [-0.2, 0) is 0 Å². The van der Waals surface area contributed by atoms with Crippen LogP contribution < -0.4 is 0 Å². The van der Waals surface area contributed by atoms with E-state index in [2.05, 4.69) is 117 Å². The van der Waals surface area contributed by atoms with Gasteiger partial charge in [-0.05, 0) is 41.7 Å². The maximum Gasteiger partial charge on any atom is 0.0973 e. The van der Waals surface area contributed by atoms with Crippen LogP contribution in [0.15, 0.2) is 133 Å². The van der Waals surface area contributed by atoms with Crippen LogP contribution in [0.4, 0.5) is 0 Å². The number of nitrogens with zero attached hydrogens (tertiary/aromatic N) is 2. The molecular weight excluding hydrogens is 460 g/mol. The molecule has 0 radical (unpaired) electrons. The molecule has 0 amide bonds. The average molecular weight is 489 g/mol. The quantitative estimate of drug-likeness (QED) is 0.241. The first kappa shape index (κ1) is 23.6. The minimum absolute atomic E-state index is 0.893. The number of aromatic nitrogens is 2. The number of rotatable bonds is 5. The molecule has 0 bridgehead atoms. The molecule has 0 aliphatic carbocycles. The summed E-state index contributed by atoms with van der Waals surface area (Å²) < 4.78 is 0. The summed E-state index contributed by atoms with van der Waals surface area (Å²) in [4.78, 5) is 10.4. The first-order valence-electron chi connectivity index (χ1n) is 12.9. The van der Waals surface area contributed by atoms with Crippen LogP contribution in [0.5, 0.6) is 0 Å². The van der Waals surface area contributed by atoms with E-state index in [1.165, 1.54) is 27.8 Å². The molecule has 0 unspecified atom stereocenters. The van der Waals surface area contributed by atoms with Crippen molar-refractivity contribution >= 4 is 0 Å². The lowest BCUT2D eigenvalue weighted by atomic mass is 9.95. The summed E-state index contributed by atoms with van der Waals surface area (Å²) in [6.07, 6.45) is 0. The summed E-state index contributed by atoms with van der Waals surface area (Å²) in [5, 5.41) is 0. The van der Waals surface area contributed by atoms with Gasteiger partial charge in [-0.1, -0.05) is 133 Å². The normalized spacial score (nSPS) is 10.9. The summed E-state index contributed by atoms with van der Waals surface area (Å²) >= 11 is 0. The van der Waals surface area contributed by atoms with Gasteiger partial charge in [0, 0.05) is 16.7 Å². The molecule has 1 aromatic heterocycles. The van der Waals surface area contributed by atoms with E-state index >= 15 is 0 Å². The Hall–Kier alpha value is -4.82. The third kappa shape index (κ3) is 4.65. The van der Waals surface area contributed by atoms with Gasteiger partial charge in [-0.15, -0.1) is 0 Å². The number of aryl methyl sites for hydroxylation is 2. The van der Waals surface area contributed by atoms with E-state index in [0.717, 1.165) is 39.5 Å². The van der Waals surface area contributed by atoms with E-state index in [4.69, 9.17) is 9.97 Å². The molecule has 5 aromatic carbocycles. The topological polar surface area (TPSA) is 25.8 Å². The summed E-state index contributed by atoms with van der Waals surface area (Å²) in [5.74, 6) is 0. The molecule has 2 heteroatoms. The van der Waals surface area contributed by atoms with Crippen LogP contribution in [-0.4, -0.2) is 9.97 Å². The fourth-order valence-corrected chi connectivity index (χ4v) is 4.97. The van der Waals surface area contributed by atoms with Gasteiger partial charge in [0.15, 0.2) is 0 Å². The Morgan fingerprint density at radius 3 is 1.39 bits per heavy atom. The minimum Gasteiger partial charge on any atom is -0.249 e. The van der Waals surface area contributed by atoms with Crippen molar-refractivity contribution in [1.82, 2.24) is 9.97 Å². The highest BCUT2D eigenvalue weighted by atomic mass is 14.8. The van der Waals surface area contributed by atoms with Crippen molar-refractivity contribution in [1.29, 1.82) is 0 Å². The maximum atomic E-state index is 5.25. The summed E-state index contributed by atoms with van der Waals surface area (Å²) in [7, 11) is 0. The molecule has 0 saturated carbocycles. The highest BCUT2D eigenvalue weighted by Gasteiger charge is 2.18. The molecule has 38 heavy (non-hydrogen) atoms. The molecule has 2 nitrogen and oxygen atoms in total. The van der Waals surface area contributed by atoms with E-state index in [1.54, 1.807) is 0 Å². The molecule has 6 rings (SSSR count). The molecule has 0 fully saturated rings. The summed E-state index contributed by atoms with van der Waals surface area (Å²) in [6.45, 7) is 4.21. The van der Waals surface area contributed by atoms with Crippen molar-refractivity contribution in [2.45, 2.75) is 13.8 Å². The maximum absolute atomic E-state index is 5.25. The molecule has 6 aromatic rings. The zero-order chi connectivity index (χ0) is 25.9. The predicted octanol–water partition coefficient (Wildman–Crippen LogP) is 9.43. The van der Waals surface area contributed by atoms with Crippen LogP contribution in [0, 0.1) is 13.8 Å². The van der Waals surface area contributed by atoms with Gasteiger partial charge in [0.25, 0.3) is 0 Å². The first-order valence-corrected chi connectivity index (χ1v) is 12.9. The number of hydrogen-bond donors (Lipinski definition) is 0. The van der Waals surface area contributed by atoms with Gasteiger partial charge in [0.2, 0.25) is 0 Å². The zero-order valence-electron chi connectivity index (χ0n) is 21.6. The van der Waals surface area contributed by atoms with Crippen molar-refractivity contribution in [3.63, 3.8) is 0 Å². The average Bonchev–Trinajstić information content (AvgIpc) is 2.98. The molecule has 0 saturated heterocycles. The highest BCUT2D eigenvalue weighted by molar-refractivity contribution is 5.84. The lowest BCUT2D eigenvalue weighted by molar-refractivity contribution is 1.13. The second kappa shape index (κ2) is 10.3. The van der Waals surface area contributed by atoms with Crippen LogP contribution in [0.2, 0.25) is 0 Å². The Balaban J connectivity index is 1.50. The van der Waals surface area contributed by atoms with E-state index in [9.17, 15) is 0 Å². The highest BCUT2D eigenvalue weighted by Crippen LogP contribution is 2.36. The van der Waals surface area contributed by atoms with Crippen molar-refractivity contribution < 1.29 is 0 Å². The van der Waals surface area contributed by atoms with E-state index in [-0.39, 0.29) is 0 Å². The Morgan fingerprint density at radius 1 is 0.368 bits per heavy atom. The zero-order valence-corrected chi connectivity index (χ0v) is 21.6. The van der Waals surface area contributed by atoms with Crippen molar-refractivity contribution in [2.24, 2.45) is 0 Å². The minimum atomic E-state index is 0.893. The van der Waals surface area contributed by atoms with Crippen molar-refractivity contribution in [3.8, 4) is 56.0 Å². The summed E-state index contributed by atoms with van der Waals surface area (Å²) in [5.41, 5.74) is 12.8. The largest absolute Gasteiger partial charge is 0.249 e. The SMILES string of the molecule is Cc1cc(-c2ccccc2)ccc1-c1nc(C)c(-c2ccccc2)nc1-c1ccc(-c2ccccc2)cc1. The third-order valence-corrected chi connectivity index (χ3v) is 6.97. The Labute approximate surface area is 224 Å². The lowest BCUT2D eigenvalue weighted by Crippen LogP contribution is -2.01. The van der Waals surface area contributed by atoms with Crippen LogP contribution >= 0.6 is 0 Å². The van der Waals surface area contributed by atoms with Crippen LogP contribution in [0.25, 0.3) is 56.0 Å². The first-order chi connectivity index (χ1) is 18.7. The van der Waals surface area contributed by atoms with Gasteiger partial charge in [0.05, 0.1) is 22.8 Å². The fourth-order valence-electron chi connectivity index (χ4n) is 4.97. The second-order valence-corrected chi connectivity index (χ2v) is 9.56. The molecule has 182 valence electrons. The molecule has 1 heterocycles. The molecule has 0 atom stereocenters. The van der Waals surface area contributed by atoms with Crippen LogP contribution in [0.3, 0.4) is 0 Å². The van der Waals surface area contributed by atoms with E-state index in [0.29, 0.717) is 0 Å². The van der Waals surface area contributed by atoms with Gasteiger partial charge in [-0.3, -0.25) is 0 Å².